The van der Waals surface area contributed by atoms with Gasteiger partial charge in [-0.25, -0.2) is 4.98 Å². The van der Waals surface area contributed by atoms with E-state index < -0.39 is 0 Å². The minimum absolute atomic E-state index is 0.105. The van der Waals surface area contributed by atoms with Gasteiger partial charge in [-0.05, 0) is 43.3 Å². The van der Waals surface area contributed by atoms with Crippen molar-refractivity contribution in [3.63, 3.8) is 0 Å². The summed E-state index contributed by atoms with van der Waals surface area (Å²) in [6.45, 7) is 1.88. The second-order valence-electron chi connectivity index (χ2n) is 6.40. The molecule has 8 heteroatoms. The molecule has 0 fully saturated rings. The Morgan fingerprint density at radius 3 is 2.86 bits per heavy atom. The summed E-state index contributed by atoms with van der Waals surface area (Å²) < 4.78 is 7.59. The van der Waals surface area contributed by atoms with Crippen LogP contribution < -0.4 is 5.32 Å². The lowest BCUT2D eigenvalue weighted by molar-refractivity contribution is -0.121. The number of halogens is 1. The number of hydrogen-bond acceptors (Lipinski definition) is 5. The van der Waals surface area contributed by atoms with Gasteiger partial charge in [0.1, 0.15) is 0 Å². The molecule has 0 aliphatic carbocycles. The maximum atomic E-state index is 12.3. The highest BCUT2D eigenvalue weighted by Crippen LogP contribution is 2.22. The highest BCUT2D eigenvalue weighted by atomic mass is 35.5. The lowest BCUT2D eigenvalue weighted by Crippen LogP contribution is -2.28. The van der Waals surface area contributed by atoms with Crippen molar-refractivity contribution in [2.45, 2.75) is 25.8 Å². The Kier molecular flexibility index (Phi) is 5.08. The Balaban J connectivity index is 1.35. The van der Waals surface area contributed by atoms with E-state index in [9.17, 15) is 4.79 Å². The van der Waals surface area contributed by atoms with E-state index in [1.165, 1.54) is 0 Å². The van der Waals surface area contributed by atoms with Crippen LogP contribution in [0.1, 0.15) is 31.1 Å². The molecule has 0 aliphatic rings. The zero-order valence-corrected chi connectivity index (χ0v) is 15.9. The van der Waals surface area contributed by atoms with Gasteiger partial charge in [0, 0.05) is 29.6 Å². The number of nitrogens with one attached hydrogen (secondary N) is 1. The second-order valence-corrected chi connectivity index (χ2v) is 6.84. The number of fused-ring (bicyclic) bond motifs is 1. The maximum Gasteiger partial charge on any atom is 0.221 e. The second kappa shape index (κ2) is 7.82. The van der Waals surface area contributed by atoms with Crippen LogP contribution in [0.25, 0.3) is 17.0 Å². The summed E-state index contributed by atoms with van der Waals surface area (Å²) in [5.41, 5.74) is 1.63. The molecule has 4 aromatic rings. The first-order valence-corrected chi connectivity index (χ1v) is 9.27. The third kappa shape index (κ3) is 3.89. The molecule has 4 rings (SSSR count). The van der Waals surface area contributed by atoms with Gasteiger partial charge in [0.2, 0.25) is 5.91 Å². The molecule has 7 nitrogen and oxygen atoms in total. The fourth-order valence-electron chi connectivity index (χ4n) is 2.93. The van der Waals surface area contributed by atoms with Crippen LogP contribution in [0, 0.1) is 0 Å². The largest absolute Gasteiger partial charge is 0.441 e. The molecular weight excluding hydrogens is 378 g/mol. The maximum absolute atomic E-state index is 12.3. The molecule has 0 bridgehead atoms. The Morgan fingerprint density at radius 1 is 1.21 bits per heavy atom. The third-order valence-corrected chi connectivity index (χ3v) is 4.61. The summed E-state index contributed by atoms with van der Waals surface area (Å²) in [7, 11) is 0. The average molecular weight is 396 g/mol. The Labute approximate surface area is 166 Å². The van der Waals surface area contributed by atoms with E-state index in [0.717, 1.165) is 11.2 Å². The molecular formula is C20H18ClN5O2. The van der Waals surface area contributed by atoms with Gasteiger partial charge in [-0.2, -0.15) is 0 Å². The molecule has 3 heterocycles. The lowest BCUT2D eigenvalue weighted by Gasteiger charge is -2.11. The molecule has 28 heavy (non-hydrogen) atoms. The van der Waals surface area contributed by atoms with E-state index in [2.05, 4.69) is 20.5 Å². The first kappa shape index (κ1) is 18.2. The Hall–Kier alpha value is -3.19. The predicted octanol–water partition coefficient (Wildman–Crippen LogP) is 3.85. The van der Waals surface area contributed by atoms with Crippen LogP contribution in [0.4, 0.5) is 0 Å². The van der Waals surface area contributed by atoms with Crippen LogP contribution in [0.2, 0.25) is 5.02 Å². The summed E-state index contributed by atoms with van der Waals surface area (Å²) in [4.78, 5) is 16.6. The van der Waals surface area contributed by atoms with E-state index in [1.807, 2.05) is 47.9 Å². The molecule has 3 aromatic heterocycles. The molecule has 0 saturated heterocycles. The van der Waals surface area contributed by atoms with Gasteiger partial charge in [0.05, 0.1) is 12.2 Å². The Bertz CT molecular complexity index is 1100. The van der Waals surface area contributed by atoms with Crippen molar-refractivity contribution in [2.75, 3.05) is 0 Å². The number of rotatable bonds is 6. The molecule has 1 amide bonds. The standard InChI is InChI=1S/C20H18ClN5O2/c1-13(20-25-24-17-4-2-3-11-26(17)20)23-18(27)9-10-19-22-12-16(28-19)14-5-7-15(21)8-6-14/h2-8,11-13H,9-10H2,1H3,(H,23,27). The normalized spacial score (nSPS) is 12.2. The van der Waals surface area contributed by atoms with Gasteiger partial charge in [0.25, 0.3) is 0 Å². The fourth-order valence-corrected chi connectivity index (χ4v) is 3.05. The van der Waals surface area contributed by atoms with Crippen molar-refractivity contribution >= 4 is 23.2 Å². The molecule has 1 unspecified atom stereocenters. The topological polar surface area (TPSA) is 85.3 Å². The number of carbonyl (C=O) groups excluding carboxylic acids is 1. The van der Waals surface area contributed by atoms with Crippen molar-refractivity contribution in [2.24, 2.45) is 0 Å². The van der Waals surface area contributed by atoms with Gasteiger partial charge < -0.3 is 9.73 Å². The highest BCUT2D eigenvalue weighted by Gasteiger charge is 2.16. The van der Waals surface area contributed by atoms with E-state index in [0.29, 0.717) is 28.9 Å². The van der Waals surface area contributed by atoms with Crippen LogP contribution in [-0.2, 0) is 11.2 Å². The van der Waals surface area contributed by atoms with E-state index in [1.54, 1.807) is 18.3 Å². The lowest BCUT2D eigenvalue weighted by atomic mass is 10.2. The molecule has 0 spiro atoms. The minimum atomic E-state index is -0.265. The quantitative estimate of drug-likeness (QED) is 0.536. The number of nitrogens with zero attached hydrogens (tertiary/aromatic N) is 4. The molecule has 1 N–H and O–H groups in total. The highest BCUT2D eigenvalue weighted by molar-refractivity contribution is 6.30. The van der Waals surface area contributed by atoms with Gasteiger partial charge in [-0.15, -0.1) is 10.2 Å². The molecule has 0 radical (unpaired) electrons. The molecule has 142 valence electrons. The van der Waals surface area contributed by atoms with Crippen LogP contribution in [0.3, 0.4) is 0 Å². The number of hydrogen-bond donors (Lipinski definition) is 1. The number of amides is 1. The van der Waals surface area contributed by atoms with Gasteiger partial charge in [-0.1, -0.05) is 17.7 Å². The number of aryl methyl sites for hydroxylation is 1. The predicted molar refractivity (Wildman–Crippen MR) is 105 cm³/mol. The van der Waals surface area contributed by atoms with E-state index >= 15 is 0 Å². The average Bonchev–Trinajstić information content (AvgIpc) is 3.34. The van der Waals surface area contributed by atoms with Crippen LogP contribution >= 0.6 is 11.6 Å². The summed E-state index contributed by atoms with van der Waals surface area (Å²) in [6.07, 6.45) is 4.20. The summed E-state index contributed by atoms with van der Waals surface area (Å²) in [5.74, 6) is 1.74. The zero-order chi connectivity index (χ0) is 19.5. The van der Waals surface area contributed by atoms with Crippen molar-refractivity contribution in [1.29, 1.82) is 0 Å². The number of carbonyl (C=O) groups is 1. The summed E-state index contributed by atoms with van der Waals surface area (Å²) in [5, 5.41) is 11.9. The van der Waals surface area contributed by atoms with Crippen molar-refractivity contribution in [1.82, 2.24) is 24.9 Å². The number of aromatic nitrogens is 4. The summed E-state index contributed by atoms with van der Waals surface area (Å²) in [6, 6.07) is 12.7. The first-order valence-electron chi connectivity index (χ1n) is 8.90. The van der Waals surface area contributed by atoms with Crippen molar-refractivity contribution < 1.29 is 9.21 Å². The third-order valence-electron chi connectivity index (χ3n) is 4.35. The Morgan fingerprint density at radius 2 is 2.04 bits per heavy atom. The van der Waals surface area contributed by atoms with Crippen molar-refractivity contribution in [3.8, 4) is 11.3 Å². The summed E-state index contributed by atoms with van der Waals surface area (Å²) >= 11 is 5.90. The SMILES string of the molecule is CC(NC(=O)CCc1ncc(-c2ccc(Cl)cc2)o1)c1nnc2ccccn12. The van der Waals surface area contributed by atoms with E-state index in [-0.39, 0.29) is 18.4 Å². The molecule has 1 atom stereocenters. The molecule has 1 aromatic carbocycles. The van der Waals surface area contributed by atoms with Crippen molar-refractivity contribution in [3.05, 3.63) is 71.6 Å². The fraction of sp³-hybridized carbons (Fsp3) is 0.200. The minimum Gasteiger partial charge on any atom is -0.441 e. The first-order chi connectivity index (χ1) is 13.6. The monoisotopic (exact) mass is 395 g/mol. The van der Waals surface area contributed by atoms with Gasteiger partial charge >= 0.3 is 0 Å². The van der Waals surface area contributed by atoms with Crippen LogP contribution in [0.5, 0.6) is 0 Å². The zero-order valence-electron chi connectivity index (χ0n) is 15.2. The number of oxazole rings is 1. The smallest absolute Gasteiger partial charge is 0.221 e. The van der Waals surface area contributed by atoms with Crippen LogP contribution in [0.15, 0.2) is 59.3 Å². The number of pyridine rings is 1. The van der Waals surface area contributed by atoms with Gasteiger partial charge in [0.15, 0.2) is 23.1 Å². The van der Waals surface area contributed by atoms with Crippen LogP contribution in [-0.4, -0.2) is 25.5 Å². The molecule has 0 aliphatic heterocycles. The molecule has 0 saturated carbocycles. The number of benzene rings is 1. The van der Waals surface area contributed by atoms with E-state index in [4.69, 9.17) is 16.0 Å². The van der Waals surface area contributed by atoms with Gasteiger partial charge in [-0.3, -0.25) is 9.20 Å².